The number of amides is 1. The van der Waals surface area contributed by atoms with Crippen LogP contribution in [0.25, 0.3) is 0 Å². The van der Waals surface area contributed by atoms with Crippen molar-refractivity contribution in [1.29, 1.82) is 0 Å². The summed E-state index contributed by atoms with van der Waals surface area (Å²) in [6.07, 6.45) is 3.29. The number of thiophene rings is 1. The first-order valence-electron chi connectivity index (χ1n) is 8.17. The number of hydrogen-bond donors (Lipinski definition) is 1. The van der Waals surface area contributed by atoms with Crippen molar-refractivity contribution < 1.29 is 9.32 Å². The highest BCUT2D eigenvalue weighted by Crippen LogP contribution is 2.24. The molecule has 1 N–H and O–H groups in total. The molecule has 1 atom stereocenters. The summed E-state index contributed by atoms with van der Waals surface area (Å²) in [5, 5.41) is 20.5. The molecule has 1 aliphatic rings. The fourth-order valence-electron chi connectivity index (χ4n) is 2.90. The molecule has 1 amide bonds. The lowest BCUT2D eigenvalue weighted by atomic mass is 10.0. The first-order chi connectivity index (χ1) is 12.3. The Hall–Kier alpha value is -2.62. The SMILES string of the molecule is O=C(NCc1nc(Cc2cccs2)no1)[C@H]1CCCCn2nnnc21. The lowest BCUT2D eigenvalue weighted by Gasteiger charge is -2.12. The molecule has 130 valence electrons. The Bertz CT molecular complexity index is 842. The molecule has 25 heavy (non-hydrogen) atoms. The molecule has 9 nitrogen and oxygen atoms in total. The molecular formula is C15H17N7O2S. The average Bonchev–Trinajstić information content (AvgIpc) is 3.35. The van der Waals surface area contributed by atoms with E-state index >= 15 is 0 Å². The Labute approximate surface area is 147 Å². The molecule has 0 saturated heterocycles. The molecule has 0 radical (unpaired) electrons. The van der Waals surface area contributed by atoms with Gasteiger partial charge < -0.3 is 9.84 Å². The second kappa shape index (κ2) is 7.09. The van der Waals surface area contributed by atoms with Crippen LogP contribution in [-0.4, -0.2) is 36.3 Å². The maximum Gasteiger partial charge on any atom is 0.246 e. The Morgan fingerprint density at radius 2 is 2.40 bits per heavy atom. The molecule has 0 spiro atoms. The summed E-state index contributed by atoms with van der Waals surface area (Å²) in [4.78, 5) is 18.0. The Morgan fingerprint density at radius 3 is 3.28 bits per heavy atom. The van der Waals surface area contributed by atoms with Crippen molar-refractivity contribution in [3.05, 3.63) is 39.9 Å². The van der Waals surface area contributed by atoms with E-state index in [1.54, 1.807) is 16.0 Å². The van der Waals surface area contributed by atoms with Crippen molar-refractivity contribution in [2.24, 2.45) is 0 Å². The van der Waals surface area contributed by atoms with E-state index in [9.17, 15) is 4.79 Å². The molecule has 0 unspecified atom stereocenters. The molecule has 10 heteroatoms. The number of aromatic nitrogens is 6. The topological polar surface area (TPSA) is 112 Å². The Morgan fingerprint density at radius 1 is 1.44 bits per heavy atom. The van der Waals surface area contributed by atoms with Gasteiger partial charge in [-0.15, -0.1) is 16.4 Å². The number of nitrogens with zero attached hydrogens (tertiary/aromatic N) is 6. The second-order valence-electron chi connectivity index (χ2n) is 5.89. The fourth-order valence-corrected chi connectivity index (χ4v) is 3.60. The molecule has 3 aromatic rings. The van der Waals surface area contributed by atoms with Crippen LogP contribution in [0.2, 0.25) is 0 Å². The lowest BCUT2D eigenvalue weighted by molar-refractivity contribution is -0.123. The van der Waals surface area contributed by atoms with Crippen LogP contribution in [0.5, 0.6) is 0 Å². The van der Waals surface area contributed by atoms with E-state index in [0.29, 0.717) is 24.0 Å². The highest BCUT2D eigenvalue weighted by Gasteiger charge is 2.28. The predicted molar refractivity (Wildman–Crippen MR) is 87.7 cm³/mol. The van der Waals surface area contributed by atoms with E-state index < -0.39 is 0 Å². The summed E-state index contributed by atoms with van der Waals surface area (Å²) in [5.74, 6) is 1.18. The van der Waals surface area contributed by atoms with Crippen LogP contribution < -0.4 is 5.32 Å². The molecule has 0 aliphatic carbocycles. The Balaban J connectivity index is 1.37. The van der Waals surface area contributed by atoms with Crippen LogP contribution in [0.15, 0.2) is 22.0 Å². The number of carbonyl (C=O) groups excluding carboxylic acids is 1. The number of carbonyl (C=O) groups is 1. The Kier molecular flexibility index (Phi) is 4.51. The number of hydrogen-bond acceptors (Lipinski definition) is 8. The van der Waals surface area contributed by atoms with E-state index in [1.807, 2.05) is 17.5 Å². The van der Waals surface area contributed by atoms with E-state index in [4.69, 9.17) is 4.52 Å². The number of aryl methyl sites for hydroxylation is 1. The van der Waals surface area contributed by atoms with Crippen LogP contribution in [-0.2, 0) is 24.3 Å². The summed E-state index contributed by atoms with van der Waals surface area (Å²) in [7, 11) is 0. The number of rotatable bonds is 5. The highest BCUT2D eigenvalue weighted by molar-refractivity contribution is 7.09. The normalized spacial score (nSPS) is 17.0. The minimum Gasteiger partial charge on any atom is -0.346 e. The average molecular weight is 359 g/mol. The van der Waals surface area contributed by atoms with Gasteiger partial charge in [-0.05, 0) is 34.7 Å². The van der Waals surface area contributed by atoms with Gasteiger partial charge in [0.1, 0.15) is 0 Å². The number of fused-ring (bicyclic) bond motifs is 1. The van der Waals surface area contributed by atoms with Gasteiger partial charge in [-0.25, -0.2) is 4.68 Å². The van der Waals surface area contributed by atoms with E-state index in [-0.39, 0.29) is 18.4 Å². The molecule has 4 heterocycles. The third kappa shape index (κ3) is 3.58. The molecular weight excluding hydrogens is 342 g/mol. The molecule has 4 rings (SSSR count). The third-order valence-corrected chi connectivity index (χ3v) is 5.01. The predicted octanol–water partition coefficient (Wildman–Crippen LogP) is 1.29. The largest absolute Gasteiger partial charge is 0.346 e. The van der Waals surface area contributed by atoms with Crippen molar-refractivity contribution in [2.45, 2.75) is 44.7 Å². The molecule has 0 aromatic carbocycles. The standard InChI is InChI=1S/C15H17N7O2S/c23-15(11-5-1-2-6-22-14(11)18-20-21-22)16-9-13-17-12(19-24-13)8-10-4-3-7-25-10/h3-4,7,11H,1-2,5-6,8-9H2,(H,16,23)/t11-/m0/s1. The summed E-state index contributed by atoms with van der Waals surface area (Å²) < 4.78 is 6.92. The number of nitrogens with one attached hydrogen (secondary N) is 1. The van der Waals surface area contributed by atoms with E-state index in [2.05, 4.69) is 31.0 Å². The first kappa shape index (κ1) is 15.9. The monoisotopic (exact) mass is 359 g/mol. The van der Waals surface area contributed by atoms with E-state index in [1.165, 1.54) is 4.88 Å². The molecule has 3 aromatic heterocycles. The smallest absolute Gasteiger partial charge is 0.246 e. The quantitative estimate of drug-likeness (QED) is 0.730. The molecule has 0 fully saturated rings. The highest BCUT2D eigenvalue weighted by atomic mass is 32.1. The summed E-state index contributed by atoms with van der Waals surface area (Å²) in [6, 6.07) is 4.01. The zero-order valence-electron chi connectivity index (χ0n) is 13.5. The number of tetrazole rings is 1. The van der Waals surface area contributed by atoms with Crippen molar-refractivity contribution in [3.63, 3.8) is 0 Å². The van der Waals surface area contributed by atoms with Gasteiger partial charge in [-0.3, -0.25) is 4.79 Å². The maximum absolute atomic E-state index is 12.5. The second-order valence-corrected chi connectivity index (χ2v) is 6.92. The zero-order valence-corrected chi connectivity index (χ0v) is 14.3. The van der Waals surface area contributed by atoms with Crippen LogP contribution in [0.4, 0.5) is 0 Å². The van der Waals surface area contributed by atoms with Crippen molar-refractivity contribution in [3.8, 4) is 0 Å². The van der Waals surface area contributed by atoms with Gasteiger partial charge in [0, 0.05) is 17.8 Å². The van der Waals surface area contributed by atoms with Gasteiger partial charge in [0.2, 0.25) is 11.8 Å². The van der Waals surface area contributed by atoms with Gasteiger partial charge >= 0.3 is 0 Å². The molecule has 1 aliphatic heterocycles. The molecule has 0 saturated carbocycles. The van der Waals surface area contributed by atoms with Gasteiger partial charge in [-0.2, -0.15) is 4.98 Å². The molecule has 0 bridgehead atoms. The van der Waals surface area contributed by atoms with Gasteiger partial charge in [0.05, 0.1) is 12.5 Å². The zero-order chi connectivity index (χ0) is 17.1. The summed E-state index contributed by atoms with van der Waals surface area (Å²) in [5.41, 5.74) is 0. The minimum absolute atomic E-state index is 0.115. The maximum atomic E-state index is 12.5. The van der Waals surface area contributed by atoms with Crippen molar-refractivity contribution in [1.82, 2.24) is 35.7 Å². The first-order valence-corrected chi connectivity index (χ1v) is 9.05. The minimum atomic E-state index is -0.342. The van der Waals surface area contributed by atoms with Crippen LogP contribution in [0.1, 0.15) is 47.6 Å². The van der Waals surface area contributed by atoms with Gasteiger partial charge in [0.15, 0.2) is 11.6 Å². The van der Waals surface area contributed by atoms with Crippen molar-refractivity contribution in [2.75, 3.05) is 0 Å². The van der Waals surface area contributed by atoms with Crippen molar-refractivity contribution >= 4 is 17.2 Å². The third-order valence-electron chi connectivity index (χ3n) is 4.14. The van der Waals surface area contributed by atoms with E-state index in [0.717, 1.165) is 25.8 Å². The summed E-state index contributed by atoms with van der Waals surface area (Å²) >= 11 is 1.65. The van der Waals surface area contributed by atoms with Gasteiger partial charge in [0.25, 0.3) is 0 Å². The van der Waals surface area contributed by atoms with Crippen LogP contribution in [0, 0.1) is 0 Å². The summed E-state index contributed by atoms with van der Waals surface area (Å²) in [6.45, 7) is 0.955. The van der Waals surface area contributed by atoms with Crippen LogP contribution in [0.3, 0.4) is 0 Å². The van der Waals surface area contributed by atoms with Crippen LogP contribution >= 0.6 is 11.3 Å². The van der Waals surface area contributed by atoms with Gasteiger partial charge in [-0.1, -0.05) is 17.6 Å². The lowest BCUT2D eigenvalue weighted by Crippen LogP contribution is -2.30. The fraction of sp³-hybridized carbons (Fsp3) is 0.467.